The molecule has 0 saturated carbocycles. The number of benzene rings is 1. The van der Waals surface area contributed by atoms with Crippen molar-refractivity contribution >= 4 is 38.9 Å². The highest BCUT2D eigenvalue weighted by Gasteiger charge is 2.55. The Kier molecular flexibility index (Phi) is 9.87. The summed E-state index contributed by atoms with van der Waals surface area (Å²) in [5.74, 6) is -10.4. The molecular formula is C21H23ClF5NO4S2. The van der Waals surface area contributed by atoms with Crippen molar-refractivity contribution in [1.82, 2.24) is 4.72 Å². The van der Waals surface area contributed by atoms with Gasteiger partial charge in [0.15, 0.2) is 6.67 Å². The van der Waals surface area contributed by atoms with Gasteiger partial charge in [-0.3, -0.25) is 4.79 Å². The minimum absolute atomic E-state index is 0.0578. The summed E-state index contributed by atoms with van der Waals surface area (Å²) < 4.78 is 94.2. The molecule has 1 atom stereocenters. The van der Waals surface area contributed by atoms with E-state index >= 15 is 0 Å². The molecule has 0 fully saturated rings. The summed E-state index contributed by atoms with van der Waals surface area (Å²) in [6, 6.07) is 7.44. The first-order chi connectivity index (χ1) is 15.8. The zero-order valence-electron chi connectivity index (χ0n) is 17.7. The van der Waals surface area contributed by atoms with Crippen LogP contribution in [-0.4, -0.2) is 38.0 Å². The average Bonchev–Trinajstić information content (AvgIpc) is 3.21. The topological polar surface area (TPSA) is 83.5 Å². The molecule has 0 saturated heterocycles. The molecule has 0 aliphatic rings. The lowest BCUT2D eigenvalue weighted by Gasteiger charge is -2.25. The van der Waals surface area contributed by atoms with Gasteiger partial charge >= 0.3 is 17.8 Å². The summed E-state index contributed by atoms with van der Waals surface area (Å²) in [5, 5.41) is 9.06. The van der Waals surface area contributed by atoms with E-state index in [1.807, 2.05) is 0 Å². The van der Waals surface area contributed by atoms with Crippen molar-refractivity contribution in [3.63, 3.8) is 0 Å². The van der Waals surface area contributed by atoms with Gasteiger partial charge in [0.1, 0.15) is 0 Å². The quantitative estimate of drug-likeness (QED) is 0.274. The number of nitrogens with one attached hydrogen (secondary N) is 1. The first-order valence-electron chi connectivity index (χ1n) is 10.2. The summed E-state index contributed by atoms with van der Waals surface area (Å²) in [5.41, 5.74) is 0. The van der Waals surface area contributed by atoms with Crippen LogP contribution in [0.5, 0.6) is 0 Å². The number of hydrogen-bond donors (Lipinski definition) is 2. The lowest BCUT2D eigenvalue weighted by molar-refractivity contribution is -0.219. The van der Waals surface area contributed by atoms with Crippen molar-refractivity contribution < 1.29 is 40.3 Å². The highest BCUT2D eigenvalue weighted by molar-refractivity contribution is 7.89. The number of aliphatic carboxylic acids is 1. The third-order valence-corrected chi connectivity index (χ3v) is 7.95. The average molecular weight is 548 g/mol. The first-order valence-corrected chi connectivity index (χ1v) is 12.8. The smallest absolute Gasteiger partial charge is 0.337 e. The van der Waals surface area contributed by atoms with Gasteiger partial charge in [0.25, 0.3) is 0 Å². The number of hydrogen-bond acceptors (Lipinski definition) is 4. The second-order valence-corrected chi connectivity index (χ2v) is 11.0. The molecular weight excluding hydrogens is 525 g/mol. The van der Waals surface area contributed by atoms with Crippen molar-refractivity contribution in [3.05, 3.63) is 51.2 Å². The first kappa shape index (κ1) is 28.5. The van der Waals surface area contributed by atoms with E-state index in [4.69, 9.17) is 16.7 Å². The molecule has 2 rings (SSSR count). The number of carbonyl (C=O) groups is 1. The molecule has 0 bridgehead atoms. The molecule has 5 nitrogen and oxygen atoms in total. The standard InChI is InChI=1S/C21H23ClF5NO4S2/c22-14-6-9-16(10-7-14)34(31,32)28-17(4-2-12-20(24,25)21(26,27)13-23)18-11-8-15(33-18)3-1-5-19(29)30/h6-11,17,28H,1-5,12-13H2,(H,29,30). The van der Waals surface area contributed by atoms with Crippen LogP contribution in [0, 0.1) is 0 Å². The van der Waals surface area contributed by atoms with E-state index in [0.29, 0.717) is 22.7 Å². The van der Waals surface area contributed by atoms with Gasteiger partial charge in [0.2, 0.25) is 10.0 Å². The van der Waals surface area contributed by atoms with Gasteiger partial charge in [-0.1, -0.05) is 11.6 Å². The van der Waals surface area contributed by atoms with Crippen LogP contribution in [0.3, 0.4) is 0 Å². The molecule has 0 aliphatic carbocycles. The van der Waals surface area contributed by atoms with Gasteiger partial charge in [0.05, 0.1) is 10.9 Å². The minimum atomic E-state index is -4.81. The van der Waals surface area contributed by atoms with Crippen LogP contribution in [-0.2, 0) is 21.2 Å². The lowest BCUT2D eigenvalue weighted by atomic mass is 10.0. The molecule has 0 amide bonds. The number of rotatable bonds is 14. The Hall–Kier alpha value is -1.76. The number of halogens is 6. The zero-order valence-corrected chi connectivity index (χ0v) is 20.1. The normalized spacial score (nSPS) is 13.7. The predicted molar refractivity (Wildman–Crippen MR) is 119 cm³/mol. The summed E-state index contributed by atoms with van der Waals surface area (Å²) in [6.45, 7) is -2.50. The zero-order chi connectivity index (χ0) is 25.6. The molecule has 0 radical (unpaired) electrons. The summed E-state index contributed by atoms with van der Waals surface area (Å²) in [4.78, 5) is 11.8. The second-order valence-electron chi connectivity index (χ2n) is 7.61. The SMILES string of the molecule is O=C(O)CCCc1ccc(C(CCCC(F)(F)C(F)(F)CF)NS(=O)(=O)c2ccc(Cl)cc2)s1. The fraction of sp³-hybridized carbons (Fsp3) is 0.476. The Bertz CT molecular complexity index is 1060. The van der Waals surface area contributed by atoms with Crippen LogP contribution in [0.15, 0.2) is 41.3 Å². The lowest BCUT2D eigenvalue weighted by Crippen LogP contribution is -2.42. The van der Waals surface area contributed by atoms with E-state index in [2.05, 4.69) is 4.72 Å². The van der Waals surface area contributed by atoms with E-state index in [1.165, 1.54) is 24.3 Å². The molecule has 0 spiro atoms. The van der Waals surface area contributed by atoms with E-state index in [-0.39, 0.29) is 17.7 Å². The Balaban J connectivity index is 2.20. The summed E-state index contributed by atoms with van der Waals surface area (Å²) in [6.07, 6.45) is -1.39. The molecule has 34 heavy (non-hydrogen) atoms. The Labute approximate surface area is 203 Å². The van der Waals surface area contributed by atoms with Crippen LogP contribution in [0.4, 0.5) is 22.0 Å². The Morgan fingerprint density at radius 2 is 1.71 bits per heavy atom. The van der Waals surface area contributed by atoms with Crippen molar-refractivity contribution in [2.75, 3.05) is 6.67 Å². The summed E-state index contributed by atoms with van der Waals surface area (Å²) in [7, 11) is -4.12. The molecule has 13 heteroatoms. The number of carboxylic acid groups (broad SMARTS) is 1. The van der Waals surface area contributed by atoms with Gasteiger partial charge in [-0.15, -0.1) is 11.3 Å². The largest absolute Gasteiger partial charge is 0.481 e. The van der Waals surface area contributed by atoms with Gasteiger partial charge in [-0.05, 0) is 62.1 Å². The highest BCUT2D eigenvalue weighted by atomic mass is 35.5. The maximum atomic E-state index is 13.7. The van der Waals surface area contributed by atoms with Crippen molar-refractivity contribution in [2.24, 2.45) is 0 Å². The van der Waals surface area contributed by atoms with Crippen molar-refractivity contribution in [1.29, 1.82) is 0 Å². The number of aryl methyl sites for hydroxylation is 1. The summed E-state index contributed by atoms with van der Waals surface area (Å²) >= 11 is 6.94. The number of thiophene rings is 1. The van der Waals surface area contributed by atoms with Crippen LogP contribution < -0.4 is 4.72 Å². The van der Waals surface area contributed by atoms with Crippen molar-refractivity contribution in [2.45, 2.75) is 61.3 Å². The van der Waals surface area contributed by atoms with Crippen LogP contribution in [0.25, 0.3) is 0 Å². The minimum Gasteiger partial charge on any atom is -0.481 e. The third kappa shape index (κ3) is 7.89. The second kappa shape index (κ2) is 11.8. The van der Waals surface area contributed by atoms with E-state index < -0.39 is 53.4 Å². The van der Waals surface area contributed by atoms with Gasteiger partial charge < -0.3 is 5.11 Å². The maximum absolute atomic E-state index is 13.7. The van der Waals surface area contributed by atoms with E-state index in [9.17, 15) is 35.2 Å². The molecule has 190 valence electrons. The fourth-order valence-corrected chi connectivity index (χ4v) is 5.66. The number of carboxylic acids is 1. The third-order valence-electron chi connectivity index (χ3n) is 4.95. The Morgan fingerprint density at radius 3 is 2.29 bits per heavy atom. The van der Waals surface area contributed by atoms with Crippen LogP contribution >= 0.6 is 22.9 Å². The molecule has 1 aromatic carbocycles. The number of sulfonamides is 1. The van der Waals surface area contributed by atoms with E-state index in [1.54, 1.807) is 12.1 Å². The van der Waals surface area contributed by atoms with Crippen LogP contribution in [0.1, 0.15) is 47.9 Å². The molecule has 2 N–H and O–H groups in total. The molecule has 1 aromatic heterocycles. The Morgan fingerprint density at radius 1 is 1.06 bits per heavy atom. The highest BCUT2D eigenvalue weighted by Crippen LogP contribution is 2.39. The van der Waals surface area contributed by atoms with Gasteiger partial charge in [0, 0.05) is 27.6 Å². The number of alkyl halides is 5. The molecule has 1 heterocycles. The fourth-order valence-electron chi connectivity index (χ4n) is 3.07. The molecule has 2 aromatic rings. The van der Waals surface area contributed by atoms with Gasteiger partial charge in [-0.25, -0.2) is 17.5 Å². The monoisotopic (exact) mass is 547 g/mol. The van der Waals surface area contributed by atoms with E-state index in [0.717, 1.165) is 16.2 Å². The van der Waals surface area contributed by atoms with Crippen molar-refractivity contribution in [3.8, 4) is 0 Å². The molecule has 0 aliphatic heterocycles. The maximum Gasteiger partial charge on any atom is 0.337 e. The van der Waals surface area contributed by atoms with Gasteiger partial charge in [-0.2, -0.15) is 17.6 Å². The molecule has 1 unspecified atom stereocenters. The predicted octanol–water partition coefficient (Wildman–Crippen LogP) is 6.24. The van der Waals surface area contributed by atoms with Crippen LogP contribution in [0.2, 0.25) is 5.02 Å².